The van der Waals surface area contributed by atoms with Gasteiger partial charge in [-0.1, -0.05) is 0 Å². The topological polar surface area (TPSA) is 67.1 Å². The molecule has 2 aromatic rings. The molecule has 1 saturated heterocycles. The predicted molar refractivity (Wildman–Crippen MR) is 71.2 cm³/mol. The molecule has 2 aromatic heterocycles. The molecule has 0 spiro atoms. The molecule has 1 fully saturated rings. The standard InChI is InChI=1S/C13H17N5O/c19-10-11-3-1-5-17(9-11)12-7-14-8-13(16-12)18-6-2-4-15-18/h2,4,6-8,11,19H,1,3,5,9-10H2. The molecule has 6 nitrogen and oxygen atoms in total. The maximum Gasteiger partial charge on any atom is 0.173 e. The predicted octanol–water partition coefficient (Wildman–Crippen LogP) is 0.871. The summed E-state index contributed by atoms with van der Waals surface area (Å²) in [7, 11) is 0. The third-order valence-electron chi connectivity index (χ3n) is 3.45. The van der Waals surface area contributed by atoms with Crippen LogP contribution < -0.4 is 4.90 Å². The van der Waals surface area contributed by atoms with Crippen LogP contribution in [0.3, 0.4) is 0 Å². The van der Waals surface area contributed by atoms with E-state index in [0.29, 0.717) is 11.7 Å². The lowest BCUT2D eigenvalue weighted by molar-refractivity contribution is 0.208. The zero-order valence-corrected chi connectivity index (χ0v) is 10.7. The summed E-state index contributed by atoms with van der Waals surface area (Å²) in [5, 5.41) is 13.4. The van der Waals surface area contributed by atoms with Gasteiger partial charge in [-0.25, -0.2) is 9.67 Å². The lowest BCUT2D eigenvalue weighted by atomic mass is 9.99. The van der Waals surface area contributed by atoms with Crippen LogP contribution in [-0.2, 0) is 0 Å². The van der Waals surface area contributed by atoms with Crippen molar-refractivity contribution in [3.63, 3.8) is 0 Å². The van der Waals surface area contributed by atoms with Gasteiger partial charge in [0.15, 0.2) is 5.82 Å². The van der Waals surface area contributed by atoms with E-state index in [-0.39, 0.29) is 6.61 Å². The fraction of sp³-hybridized carbons (Fsp3) is 0.462. The number of nitrogens with zero attached hydrogens (tertiary/aromatic N) is 5. The highest BCUT2D eigenvalue weighted by Gasteiger charge is 2.20. The highest BCUT2D eigenvalue weighted by atomic mass is 16.3. The summed E-state index contributed by atoms with van der Waals surface area (Å²) in [4.78, 5) is 11.0. The summed E-state index contributed by atoms with van der Waals surface area (Å²) >= 11 is 0. The minimum Gasteiger partial charge on any atom is -0.396 e. The summed E-state index contributed by atoms with van der Waals surface area (Å²) in [6.45, 7) is 2.05. The van der Waals surface area contributed by atoms with Crippen molar-refractivity contribution in [1.82, 2.24) is 19.7 Å². The van der Waals surface area contributed by atoms with Crippen molar-refractivity contribution in [3.8, 4) is 5.82 Å². The number of aromatic nitrogens is 4. The van der Waals surface area contributed by atoms with Gasteiger partial charge in [-0.05, 0) is 24.8 Å². The van der Waals surface area contributed by atoms with Crippen molar-refractivity contribution in [2.24, 2.45) is 5.92 Å². The Morgan fingerprint density at radius 2 is 2.21 bits per heavy atom. The van der Waals surface area contributed by atoms with Gasteiger partial charge in [0, 0.05) is 32.1 Å². The van der Waals surface area contributed by atoms with Crippen molar-refractivity contribution in [2.75, 3.05) is 24.6 Å². The summed E-state index contributed by atoms with van der Waals surface area (Å²) < 4.78 is 1.70. The largest absolute Gasteiger partial charge is 0.396 e. The Morgan fingerprint density at radius 3 is 3.00 bits per heavy atom. The van der Waals surface area contributed by atoms with Crippen molar-refractivity contribution in [2.45, 2.75) is 12.8 Å². The number of hydrogen-bond acceptors (Lipinski definition) is 5. The monoisotopic (exact) mass is 259 g/mol. The Balaban J connectivity index is 1.83. The van der Waals surface area contributed by atoms with Gasteiger partial charge in [-0.2, -0.15) is 5.10 Å². The second-order valence-corrected chi connectivity index (χ2v) is 4.82. The molecule has 100 valence electrons. The van der Waals surface area contributed by atoms with Crippen molar-refractivity contribution in [1.29, 1.82) is 0 Å². The summed E-state index contributed by atoms with van der Waals surface area (Å²) in [6.07, 6.45) is 9.20. The van der Waals surface area contributed by atoms with Crippen LogP contribution in [0.4, 0.5) is 5.82 Å². The van der Waals surface area contributed by atoms with Gasteiger partial charge in [0.05, 0.1) is 12.4 Å². The first kappa shape index (κ1) is 12.1. The molecule has 0 aliphatic carbocycles. The van der Waals surface area contributed by atoms with Gasteiger partial charge in [0.2, 0.25) is 0 Å². The van der Waals surface area contributed by atoms with Crippen LogP contribution in [0.25, 0.3) is 5.82 Å². The SMILES string of the molecule is OCC1CCCN(c2cncc(-n3cccn3)n2)C1. The van der Waals surface area contributed by atoms with Crippen LogP contribution >= 0.6 is 0 Å². The maximum atomic E-state index is 9.28. The van der Waals surface area contributed by atoms with Gasteiger partial charge in [0.25, 0.3) is 0 Å². The quantitative estimate of drug-likeness (QED) is 0.886. The first-order chi connectivity index (χ1) is 9.36. The van der Waals surface area contributed by atoms with E-state index in [0.717, 1.165) is 31.7 Å². The molecule has 19 heavy (non-hydrogen) atoms. The smallest absolute Gasteiger partial charge is 0.173 e. The van der Waals surface area contributed by atoms with E-state index in [1.165, 1.54) is 0 Å². The number of aliphatic hydroxyl groups excluding tert-OH is 1. The van der Waals surface area contributed by atoms with Gasteiger partial charge < -0.3 is 10.0 Å². The molecule has 6 heteroatoms. The van der Waals surface area contributed by atoms with Gasteiger partial charge in [-0.3, -0.25) is 4.98 Å². The molecule has 1 atom stereocenters. The zero-order chi connectivity index (χ0) is 13.1. The molecule has 0 bridgehead atoms. The third-order valence-corrected chi connectivity index (χ3v) is 3.45. The van der Waals surface area contributed by atoms with Gasteiger partial charge >= 0.3 is 0 Å². The van der Waals surface area contributed by atoms with E-state index >= 15 is 0 Å². The van der Waals surface area contributed by atoms with Crippen LogP contribution in [0.15, 0.2) is 30.9 Å². The molecule has 1 aliphatic rings. The summed E-state index contributed by atoms with van der Waals surface area (Å²) in [6, 6.07) is 1.86. The lowest BCUT2D eigenvalue weighted by Gasteiger charge is -2.32. The average molecular weight is 259 g/mol. The summed E-state index contributed by atoms with van der Waals surface area (Å²) in [5.74, 6) is 1.91. The second-order valence-electron chi connectivity index (χ2n) is 4.82. The van der Waals surface area contributed by atoms with Crippen molar-refractivity contribution >= 4 is 5.82 Å². The maximum absolute atomic E-state index is 9.28. The van der Waals surface area contributed by atoms with Crippen molar-refractivity contribution in [3.05, 3.63) is 30.9 Å². The van der Waals surface area contributed by atoms with E-state index in [1.807, 2.05) is 12.3 Å². The molecular formula is C13H17N5O. The van der Waals surface area contributed by atoms with E-state index in [2.05, 4.69) is 20.0 Å². The van der Waals surface area contributed by atoms with Gasteiger partial charge in [0.1, 0.15) is 5.82 Å². The van der Waals surface area contributed by atoms with Crippen LogP contribution in [-0.4, -0.2) is 44.6 Å². The molecule has 0 saturated carbocycles. The minimum absolute atomic E-state index is 0.239. The van der Waals surface area contributed by atoms with Gasteiger partial charge in [-0.15, -0.1) is 0 Å². The molecule has 3 rings (SSSR count). The fourth-order valence-electron chi connectivity index (χ4n) is 2.43. The van der Waals surface area contributed by atoms with E-state index in [1.54, 1.807) is 23.3 Å². The number of aliphatic hydroxyl groups is 1. The molecule has 0 aromatic carbocycles. The number of anilines is 1. The molecule has 1 N–H and O–H groups in total. The minimum atomic E-state index is 0.239. The van der Waals surface area contributed by atoms with Crippen molar-refractivity contribution < 1.29 is 5.11 Å². The zero-order valence-electron chi connectivity index (χ0n) is 10.7. The van der Waals surface area contributed by atoms with Crippen LogP contribution in [0.2, 0.25) is 0 Å². The Bertz CT molecular complexity index is 528. The third kappa shape index (κ3) is 2.58. The number of piperidine rings is 1. The van der Waals surface area contributed by atoms with Crippen LogP contribution in [0.1, 0.15) is 12.8 Å². The molecular weight excluding hydrogens is 242 g/mol. The molecule has 3 heterocycles. The van der Waals surface area contributed by atoms with E-state index in [9.17, 15) is 5.11 Å². The highest BCUT2D eigenvalue weighted by Crippen LogP contribution is 2.21. The van der Waals surface area contributed by atoms with Crippen LogP contribution in [0, 0.1) is 5.92 Å². The van der Waals surface area contributed by atoms with E-state index < -0.39 is 0 Å². The average Bonchev–Trinajstić information content (AvgIpc) is 3.02. The lowest BCUT2D eigenvalue weighted by Crippen LogP contribution is -2.37. The van der Waals surface area contributed by atoms with E-state index in [4.69, 9.17) is 0 Å². The number of rotatable bonds is 3. The van der Waals surface area contributed by atoms with Crippen LogP contribution in [0.5, 0.6) is 0 Å². The normalized spacial score (nSPS) is 19.6. The Labute approximate surface area is 111 Å². The Morgan fingerprint density at radius 1 is 1.32 bits per heavy atom. The molecule has 1 aliphatic heterocycles. The highest BCUT2D eigenvalue weighted by molar-refractivity contribution is 5.39. The molecule has 0 amide bonds. The first-order valence-electron chi connectivity index (χ1n) is 6.54. The Kier molecular flexibility index (Phi) is 3.41. The summed E-state index contributed by atoms with van der Waals surface area (Å²) in [5.41, 5.74) is 0. The number of hydrogen-bond donors (Lipinski definition) is 1. The second kappa shape index (κ2) is 5.36. The first-order valence-corrected chi connectivity index (χ1v) is 6.54. The molecule has 1 unspecified atom stereocenters. The molecule has 0 radical (unpaired) electrons. The Hall–Kier alpha value is -1.95. The fourth-order valence-corrected chi connectivity index (χ4v) is 2.43.